The molecule has 1 heterocycles. The minimum absolute atomic E-state index is 0.0842. The van der Waals surface area contributed by atoms with Crippen LogP contribution in [0.15, 0.2) is 12.1 Å². The van der Waals surface area contributed by atoms with Gasteiger partial charge in [-0.3, -0.25) is 4.79 Å². The van der Waals surface area contributed by atoms with Crippen LogP contribution in [-0.2, 0) is 11.3 Å². The molecule has 142 valence electrons. The van der Waals surface area contributed by atoms with Crippen LogP contribution in [0.2, 0.25) is 5.02 Å². The SMILES string of the molecule is NC1C2CCCC1CC(C(=O)NCc1cc(Cl)c3c(c1)OCCCO3)C2. The largest absolute Gasteiger partial charge is 0.489 e. The molecule has 1 aromatic carbocycles. The van der Waals surface area contributed by atoms with Crippen LogP contribution in [0.5, 0.6) is 11.5 Å². The van der Waals surface area contributed by atoms with Gasteiger partial charge >= 0.3 is 0 Å². The maximum atomic E-state index is 12.7. The molecule has 2 bridgehead atoms. The van der Waals surface area contributed by atoms with Crippen molar-refractivity contribution in [2.45, 2.75) is 51.1 Å². The van der Waals surface area contributed by atoms with Gasteiger partial charge in [0.1, 0.15) is 0 Å². The van der Waals surface area contributed by atoms with Gasteiger partial charge in [0.15, 0.2) is 11.5 Å². The lowest BCUT2D eigenvalue weighted by Gasteiger charge is -2.43. The first-order valence-electron chi connectivity index (χ1n) is 9.73. The lowest BCUT2D eigenvalue weighted by atomic mass is 9.65. The highest BCUT2D eigenvalue weighted by Gasteiger charge is 2.40. The van der Waals surface area contributed by atoms with E-state index in [1.807, 2.05) is 12.1 Å². The third-order valence-electron chi connectivity index (χ3n) is 6.11. The highest BCUT2D eigenvalue weighted by molar-refractivity contribution is 6.32. The molecule has 4 rings (SSSR count). The summed E-state index contributed by atoms with van der Waals surface area (Å²) in [6.45, 7) is 1.67. The molecule has 0 radical (unpaired) electrons. The zero-order valence-corrected chi connectivity index (χ0v) is 15.8. The zero-order valence-electron chi connectivity index (χ0n) is 15.0. The Morgan fingerprint density at radius 2 is 1.88 bits per heavy atom. The maximum absolute atomic E-state index is 12.7. The fourth-order valence-corrected chi connectivity index (χ4v) is 5.01. The molecule has 0 saturated heterocycles. The fraction of sp³-hybridized carbons (Fsp3) is 0.650. The number of fused-ring (bicyclic) bond motifs is 3. The lowest BCUT2D eigenvalue weighted by Crippen LogP contribution is -2.49. The summed E-state index contributed by atoms with van der Waals surface area (Å²) in [7, 11) is 0. The molecule has 26 heavy (non-hydrogen) atoms. The van der Waals surface area contributed by atoms with E-state index in [0.29, 0.717) is 48.1 Å². The molecule has 1 aromatic rings. The van der Waals surface area contributed by atoms with Crippen molar-refractivity contribution in [2.24, 2.45) is 23.5 Å². The molecule has 1 aliphatic heterocycles. The van der Waals surface area contributed by atoms with E-state index < -0.39 is 0 Å². The molecular weight excluding hydrogens is 352 g/mol. The van der Waals surface area contributed by atoms with Crippen LogP contribution in [0, 0.1) is 17.8 Å². The number of ether oxygens (including phenoxy) is 2. The van der Waals surface area contributed by atoms with Gasteiger partial charge in [0, 0.05) is 24.9 Å². The molecule has 0 aromatic heterocycles. The van der Waals surface area contributed by atoms with E-state index >= 15 is 0 Å². The molecule has 6 heteroatoms. The van der Waals surface area contributed by atoms with Crippen LogP contribution in [0.25, 0.3) is 0 Å². The molecule has 2 unspecified atom stereocenters. The van der Waals surface area contributed by atoms with Crippen LogP contribution in [0.4, 0.5) is 0 Å². The smallest absolute Gasteiger partial charge is 0.223 e. The summed E-state index contributed by atoms with van der Waals surface area (Å²) in [6, 6.07) is 4.05. The summed E-state index contributed by atoms with van der Waals surface area (Å²) in [6.07, 6.45) is 6.27. The predicted octanol–water partition coefficient (Wildman–Crippen LogP) is 3.27. The molecule has 0 spiro atoms. The van der Waals surface area contributed by atoms with Gasteiger partial charge < -0.3 is 20.5 Å². The standard InChI is InChI=1S/C20H27ClN2O3/c21-16-7-12(8-17-19(16)26-6-2-5-25-17)11-23-20(24)15-9-13-3-1-4-14(10-15)18(13)22/h7-8,13-15,18H,1-6,9-11,22H2,(H,23,24). The van der Waals surface area contributed by atoms with Crippen LogP contribution < -0.4 is 20.5 Å². The topological polar surface area (TPSA) is 73.6 Å². The Balaban J connectivity index is 1.39. The van der Waals surface area contributed by atoms with Crippen molar-refractivity contribution in [1.29, 1.82) is 0 Å². The van der Waals surface area contributed by atoms with Crippen LogP contribution >= 0.6 is 11.6 Å². The Labute approximate surface area is 159 Å². The number of rotatable bonds is 3. The van der Waals surface area contributed by atoms with Crippen molar-refractivity contribution in [3.05, 3.63) is 22.7 Å². The Kier molecular flexibility index (Phi) is 5.28. The van der Waals surface area contributed by atoms with Crippen LogP contribution in [0.3, 0.4) is 0 Å². The predicted molar refractivity (Wildman–Crippen MR) is 100 cm³/mol. The first-order valence-corrected chi connectivity index (χ1v) is 10.1. The summed E-state index contributed by atoms with van der Waals surface area (Å²) >= 11 is 6.33. The van der Waals surface area contributed by atoms with E-state index in [9.17, 15) is 4.79 Å². The number of nitrogens with two attached hydrogens (primary N) is 1. The Morgan fingerprint density at radius 3 is 2.65 bits per heavy atom. The summed E-state index contributed by atoms with van der Waals surface area (Å²) in [5.41, 5.74) is 7.26. The van der Waals surface area contributed by atoms with Crippen LogP contribution in [0.1, 0.15) is 44.1 Å². The summed E-state index contributed by atoms with van der Waals surface area (Å²) in [5.74, 6) is 2.50. The molecule has 1 amide bonds. The van der Waals surface area contributed by atoms with Crippen molar-refractivity contribution in [3.63, 3.8) is 0 Å². The third kappa shape index (κ3) is 3.65. The van der Waals surface area contributed by atoms with E-state index in [1.165, 1.54) is 19.3 Å². The average Bonchev–Trinajstić information content (AvgIpc) is 2.85. The second-order valence-electron chi connectivity index (χ2n) is 7.87. The number of amides is 1. The van der Waals surface area contributed by atoms with Crippen molar-refractivity contribution >= 4 is 17.5 Å². The summed E-state index contributed by atoms with van der Waals surface area (Å²) in [4.78, 5) is 12.7. The molecule has 2 fully saturated rings. The molecular formula is C20H27ClN2O3. The van der Waals surface area contributed by atoms with Crippen molar-refractivity contribution in [3.8, 4) is 11.5 Å². The quantitative estimate of drug-likeness (QED) is 0.846. The Bertz CT molecular complexity index is 667. The van der Waals surface area contributed by atoms with Gasteiger partial charge in [-0.25, -0.2) is 0 Å². The van der Waals surface area contributed by atoms with E-state index in [-0.39, 0.29) is 17.9 Å². The van der Waals surface area contributed by atoms with E-state index in [1.54, 1.807) is 0 Å². The zero-order chi connectivity index (χ0) is 18.1. The average molecular weight is 379 g/mol. The molecule has 3 N–H and O–H groups in total. The molecule has 2 aliphatic carbocycles. The minimum Gasteiger partial charge on any atom is -0.489 e. The lowest BCUT2D eigenvalue weighted by molar-refractivity contribution is -0.128. The van der Waals surface area contributed by atoms with E-state index in [0.717, 1.165) is 24.8 Å². The fourth-order valence-electron chi connectivity index (χ4n) is 4.72. The van der Waals surface area contributed by atoms with Crippen molar-refractivity contribution in [1.82, 2.24) is 5.32 Å². The molecule has 5 nitrogen and oxygen atoms in total. The minimum atomic E-state index is 0.0842. The number of carbonyl (C=O) groups excluding carboxylic acids is 1. The highest BCUT2D eigenvalue weighted by Crippen LogP contribution is 2.42. The third-order valence-corrected chi connectivity index (χ3v) is 6.39. The number of benzene rings is 1. The Hall–Kier alpha value is -1.46. The number of carbonyl (C=O) groups is 1. The second-order valence-corrected chi connectivity index (χ2v) is 8.28. The van der Waals surface area contributed by atoms with E-state index in [2.05, 4.69) is 5.32 Å². The molecule has 3 aliphatic rings. The summed E-state index contributed by atoms with van der Waals surface area (Å²) in [5, 5.41) is 3.62. The van der Waals surface area contributed by atoms with Gasteiger partial charge in [0.05, 0.1) is 18.2 Å². The van der Waals surface area contributed by atoms with Gasteiger partial charge in [-0.2, -0.15) is 0 Å². The monoisotopic (exact) mass is 378 g/mol. The second kappa shape index (κ2) is 7.65. The first kappa shape index (κ1) is 17.9. The van der Waals surface area contributed by atoms with E-state index in [4.69, 9.17) is 26.8 Å². The normalized spacial score (nSPS) is 30.4. The van der Waals surface area contributed by atoms with Gasteiger partial charge in [0.25, 0.3) is 0 Å². The van der Waals surface area contributed by atoms with Gasteiger partial charge in [0.2, 0.25) is 5.91 Å². The number of hydrogen-bond acceptors (Lipinski definition) is 4. The number of halogens is 1. The van der Waals surface area contributed by atoms with Gasteiger partial charge in [-0.15, -0.1) is 0 Å². The van der Waals surface area contributed by atoms with Gasteiger partial charge in [-0.1, -0.05) is 18.0 Å². The van der Waals surface area contributed by atoms with Crippen LogP contribution in [-0.4, -0.2) is 25.2 Å². The van der Waals surface area contributed by atoms with Crippen molar-refractivity contribution in [2.75, 3.05) is 13.2 Å². The number of nitrogens with one attached hydrogen (secondary N) is 1. The van der Waals surface area contributed by atoms with Gasteiger partial charge in [-0.05, 0) is 55.2 Å². The maximum Gasteiger partial charge on any atom is 0.223 e. The Morgan fingerprint density at radius 1 is 1.15 bits per heavy atom. The molecule has 2 saturated carbocycles. The van der Waals surface area contributed by atoms with Crippen molar-refractivity contribution < 1.29 is 14.3 Å². The highest BCUT2D eigenvalue weighted by atomic mass is 35.5. The number of hydrogen-bond donors (Lipinski definition) is 2. The summed E-state index contributed by atoms with van der Waals surface area (Å²) < 4.78 is 11.4. The first-order chi connectivity index (χ1) is 12.6. The molecule has 2 atom stereocenters.